The number of nitro groups is 1. The highest BCUT2D eigenvalue weighted by Gasteiger charge is 2.18. The fraction of sp³-hybridized carbons (Fsp3) is 0.222. The van der Waals surface area contributed by atoms with E-state index in [9.17, 15) is 10.1 Å². The van der Waals surface area contributed by atoms with Crippen LogP contribution in [0.4, 0.5) is 5.69 Å². The molecule has 134 valence electrons. The van der Waals surface area contributed by atoms with E-state index in [0.717, 1.165) is 28.7 Å². The topological polar surface area (TPSA) is 73.8 Å². The summed E-state index contributed by atoms with van der Waals surface area (Å²) in [4.78, 5) is 10.6. The molecule has 3 aromatic rings. The van der Waals surface area contributed by atoms with Gasteiger partial charge in [-0.3, -0.25) is 10.1 Å². The summed E-state index contributed by atoms with van der Waals surface area (Å²) in [5.74, 6) is 0.776. The van der Waals surface area contributed by atoms with Gasteiger partial charge in [0.25, 0.3) is 5.69 Å². The van der Waals surface area contributed by atoms with Crippen molar-refractivity contribution >= 4 is 29.1 Å². The average molecular weight is 389 g/mol. The predicted octanol–water partition coefficient (Wildman–Crippen LogP) is 5.38. The molecular weight excluding hydrogens is 372 g/mol. The zero-order chi connectivity index (χ0) is 18.7. The smallest absolute Gasteiger partial charge is 0.269 e. The second-order valence-corrected chi connectivity index (χ2v) is 7.41. The number of nitro benzene ring substituents is 1. The van der Waals surface area contributed by atoms with Crippen LogP contribution in [0.3, 0.4) is 0 Å². The molecule has 26 heavy (non-hydrogen) atoms. The Labute approximate surface area is 160 Å². The normalized spacial score (nSPS) is 12.1. The summed E-state index contributed by atoms with van der Waals surface area (Å²) >= 11 is 7.48. The molecule has 0 saturated heterocycles. The monoisotopic (exact) mass is 388 g/mol. The Bertz CT molecular complexity index is 927. The van der Waals surface area contributed by atoms with E-state index in [1.807, 2.05) is 48.7 Å². The van der Waals surface area contributed by atoms with Crippen LogP contribution in [0.25, 0.3) is 11.4 Å². The molecule has 0 aliphatic heterocycles. The van der Waals surface area contributed by atoms with Gasteiger partial charge in [0.05, 0.1) is 4.92 Å². The fourth-order valence-corrected chi connectivity index (χ4v) is 3.75. The van der Waals surface area contributed by atoms with Gasteiger partial charge >= 0.3 is 0 Å². The molecule has 0 unspecified atom stereocenters. The Morgan fingerprint density at radius 3 is 2.62 bits per heavy atom. The number of rotatable bonds is 6. The fourth-order valence-electron chi connectivity index (χ4n) is 2.59. The summed E-state index contributed by atoms with van der Waals surface area (Å²) in [5, 5.41) is 21.1. The van der Waals surface area contributed by atoms with Crippen LogP contribution in [-0.2, 0) is 6.54 Å². The van der Waals surface area contributed by atoms with E-state index >= 15 is 0 Å². The van der Waals surface area contributed by atoms with Gasteiger partial charge in [-0.25, -0.2) is 0 Å². The van der Waals surface area contributed by atoms with Crippen LogP contribution >= 0.6 is 23.4 Å². The van der Waals surface area contributed by atoms with E-state index in [2.05, 4.69) is 10.2 Å². The third-order valence-electron chi connectivity index (χ3n) is 3.97. The Kier molecular flexibility index (Phi) is 5.58. The minimum absolute atomic E-state index is 0.00229. The molecule has 1 aromatic heterocycles. The molecule has 0 aliphatic rings. The number of thioether (sulfide) groups is 1. The van der Waals surface area contributed by atoms with E-state index in [1.54, 1.807) is 12.1 Å². The number of benzene rings is 2. The molecule has 0 bridgehead atoms. The van der Waals surface area contributed by atoms with Gasteiger partial charge in [-0.05, 0) is 43.7 Å². The van der Waals surface area contributed by atoms with Crippen molar-refractivity contribution in [2.24, 2.45) is 0 Å². The number of aromatic nitrogens is 3. The molecular formula is C18H17ClN4O2S. The second-order valence-electron chi connectivity index (χ2n) is 5.67. The van der Waals surface area contributed by atoms with E-state index in [4.69, 9.17) is 11.6 Å². The lowest BCUT2D eigenvalue weighted by molar-refractivity contribution is -0.384. The first-order valence-electron chi connectivity index (χ1n) is 8.09. The Hall–Kier alpha value is -2.38. The Morgan fingerprint density at radius 1 is 1.23 bits per heavy atom. The first-order valence-corrected chi connectivity index (χ1v) is 9.35. The molecule has 1 heterocycles. The molecule has 3 rings (SSSR count). The maximum Gasteiger partial charge on any atom is 0.269 e. The van der Waals surface area contributed by atoms with E-state index in [0.29, 0.717) is 5.02 Å². The Balaban J connectivity index is 1.87. The standard InChI is InChI=1S/C18H17ClN4O2S/c1-3-22-17(13-7-9-15(19)10-8-13)20-21-18(22)26-12(2)14-5-4-6-16(11-14)23(24)25/h4-12H,3H2,1-2H3/t12-/m1/s1. The lowest BCUT2D eigenvalue weighted by Gasteiger charge is -2.12. The molecule has 0 amide bonds. The van der Waals surface area contributed by atoms with Gasteiger partial charge in [-0.2, -0.15) is 0 Å². The highest BCUT2D eigenvalue weighted by Crippen LogP contribution is 2.36. The van der Waals surface area contributed by atoms with Crippen molar-refractivity contribution in [1.29, 1.82) is 0 Å². The van der Waals surface area contributed by atoms with Crippen molar-refractivity contribution in [3.8, 4) is 11.4 Å². The summed E-state index contributed by atoms with van der Waals surface area (Å²) in [7, 11) is 0. The van der Waals surface area contributed by atoms with Crippen molar-refractivity contribution < 1.29 is 4.92 Å². The van der Waals surface area contributed by atoms with Crippen LogP contribution in [0.5, 0.6) is 0 Å². The molecule has 6 nitrogen and oxygen atoms in total. The number of nitrogens with zero attached hydrogens (tertiary/aromatic N) is 4. The molecule has 1 atom stereocenters. The zero-order valence-corrected chi connectivity index (χ0v) is 15.9. The highest BCUT2D eigenvalue weighted by molar-refractivity contribution is 7.99. The molecule has 0 N–H and O–H groups in total. The van der Waals surface area contributed by atoms with Crippen molar-refractivity contribution in [3.05, 3.63) is 69.2 Å². The summed E-state index contributed by atoms with van der Waals surface area (Å²) in [6.07, 6.45) is 0. The van der Waals surface area contributed by atoms with Crippen LogP contribution < -0.4 is 0 Å². The predicted molar refractivity (Wildman–Crippen MR) is 104 cm³/mol. The number of halogens is 1. The van der Waals surface area contributed by atoms with Gasteiger partial charge in [-0.15, -0.1) is 10.2 Å². The van der Waals surface area contributed by atoms with Crippen molar-refractivity contribution in [2.75, 3.05) is 0 Å². The lowest BCUT2D eigenvalue weighted by atomic mass is 10.1. The highest BCUT2D eigenvalue weighted by atomic mass is 35.5. The van der Waals surface area contributed by atoms with Gasteiger partial charge in [0.15, 0.2) is 11.0 Å². The first kappa shape index (κ1) is 18.4. The van der Waals surface area contributed by atoms with Crippen LogP contribution in [-0.4, -0.2) is 19.7 Å². The number of hydrogen-bond acceptors (Lipinski definition) is 5. The van der Waals surface area contributed by atoms with Gasteiger partial charge in [0.1, 0.15) is 0 Å². The summed E-state index contributed by atoms with van der Waals surface area (Å²) < 4.78 is 2.03. The van der Waals surface area contributed by atoms with Crippen LogP contribution in [0.1, 0.15) is 24.7 Å². The number of hydrogen-bond donors (Lipinski definition) is 0. The number of non-ortho nitro benzene ring substituents is 1. The summed E-state index contributed by atoms with van der Waals surface area (Å²) in [5.41, 5.74) is 1.91. The summed E-state index contributed by atoms with van der Waals surface area (Å²) in [6.45, 7) is 4.75. The SMILES string of the molecule is CCn1c(S[C@H](C)c2cccc([N+](=O)[O-])c2)nnc1-c1ccc(Cl)cc1. The van der Waals surface area contributed by atoms with E-state index in [1.165, 1.54) is 17.8 Å². The van der Waals surface area contributed by atoms with Crippen molar-refractivity contribution in [3.63, 3.8) is 0 Å². The minimum atomic E-state index is -0.381. The largest absolute Gasteiger partial charge is 0.302 e. The van der Waals surface area contributed by atoms with Crippen LogP contribution in [0.15, 0.2) is 53.7 Å². The van der Waals surface area contributed by atoms with E-state index < -0.39 is 0 Å². The average Bonchev–Trinajstić information content (AvgIpc) is 3.04. The second kappa shape index (κ2) is 7.88. The van der Waals surface area contributed by atoms with Crippen molar-refractivity contribution in [1.82, 2.24) is 14.8 Å². The van der Waals surface area contributed by atoms with Crippen LogP contribution in [0.2, 0.25) is 5.02 Å². The lowest BCUT2D eigenvalue weighted by Crippen LogP contribution is -2.01. The molecule has 0 aliphatic carbocycles. The first-order chi connectivity index (χ1) is 12.5. The molecule has 2 aromatic carbocycles. The van der Waals surface area contributed by atoms with Crippen LogP contribution in [0, 0.1) is 10.1 Å². The Morgan fingerprint density at radius 2 is 1.96 bits per heavy atom. The maximum atomic E-state index is 11.0. The van der Waals surface area contributed by atoms with Gasteiger partial charge < -0.3 is 4.57 Å². The van der Waals surface area contributed by atoms with E-state index in [-0.39, 0.29) is 15.9 Å². The van der Waals surface area contributed by atoms with Crippen molar-refractivity contribution in [2.45, 2.75) is 30.8 Å². The van der Waals surface area contributed by atoms with Gasteiger partial charge in [-0.1, -0.05) is 35.5 Å². The zero-order valence-electron chi connectivity index (χ0n) is 14.3. The molecule has 0 saturated carbocycles. The molecule has 0 radical (unpaired) electrons. The molecule has 8 heteroatoms. The third kappa shape index (κ3) is 3.89. The summed E-state index contributed by atoms with van der Waals surface area (Å²) in [6, 6.07) is 14.2. The van der Waals surface area contributed by atoms with Gasteiger partial charge in [0.2, 0.25) is 0 Å². The quantitative estimate of drug-likeness (QED) is 0.322. The maximum absolute atomic E-state index is 11.0. The minimum Gasteiger partial charge on any atom is -0.302 e. The molecule has 0 fully saturated rings. The van der Waals surface area contributed by atoms with Gasteiger partial charge in [0, 0.05) is 34.5 Å². The molecule has 0 spiro atoms. The third-order valence-corrected chi connectivity index (χ3v) is 5.36.